The minimum Gasteiger partial charge on any atom is -0.393 e. The van der Waals surface area contributed by atoms with Crippen molar-refractivity contribution in [1.82, 2.24) is 0 Å². The molecule has 0 saturated carbocycles. The molecule has 0 atom stereocenters. The first-order valence-corrected chi connectivity index (χ1v) is 6.41. The van der Waals surface area contributed by atoms with E-state index in [1.54, 1.807) is 30.3 Å². The predicted octanol–water partition coefficient (Wildman–Crippen LogP) is 4.34. The highest BCUT2D eigenvalue weighted by molar-refractivity contribution is 9.10. The zero-order chi connectivity index (χ0) is 14.0. The Labute approximate surface area is 122 Å². The molecule has 3 N–H and O–H groups in total. The Morgan fingerprint density at radius 3 is 2.68 bits per heavy atom. The molecule has 19 heavy (non-hydrogen) atoms. The third-order valence-electron chi connectivity index (χ3n) is 2.45. The van der Waals surface area contributed by atoms with Crippen LogP contribution in [0.5, 0.6) is 0 Å². The number of nitrogens with zero attached hydrogens (tertiary/aromatic N) is 1. The Morgan fingerprint density at radius 1 is 1.26 bits per heavy atom. The fourth-order valence-corrected chi connectivity index (χ4v) is 2.12. The van der Waals surface area contributed by atoms with Crippen molar-refractivity contribution >= 4 is 50.3 Å². The van der Waals surface area contributed by atoms with Crippen molar-refractivity contribution in [2.45, 2.75) is 0 Å². The summed E-state index contributed by atoms with van der Waals surface area (Å²) in [6, 6.07) is 9.84. The summed E-state index contributed by atoms with van der Waals surface area (Å²) in [7, 11) is 0. The topological polar surface area (TPSA) is 81.2 Å². The number of rotatable bonds is 3. The van der Waals surface area contributed by atoms with Gasteiger partial charge >= 0.3 is 5.69 Å². The maximum Gasteiger partial charge on any atom is 0.315 e. The van der Waals surface area contributed by atoms with E-state index in [1.807, 2.05) is 0 Å². The number of nitrogen functional groups attached to an aromatic ring is 1. The van der Waals surface area contributed by atoms with Gasteiger partial charge in [0, 0.05) is 9.50 Å². The molecule has 0 unspecified atom stereocenters. The zero-order valence-electron chi connectivity index (χ0n) is 9.56. The fourth-order valence-electron chi connectivity index (χ4n) is 1.60. The van der Waals surface area contributed by atoms with Crippen molar-refractivity contribution in [2.24, 2.45) is 0 Å². The molecule has 0 aromatic heterocycles. The van der Waals surface area contributed by atoms with Gasteiger partial charge in [-0.1, -0.05) is 17.7 Å². The Hall–Kier alpha value is -1.79. The van der Waals surface area contributed by atoms with Gasteiger partial charge in [0.15, 0.2) is 0 Å². The number of hydrogen-bond acceptors (Lipinski definition) is 4. The highest BCUT2D eigenvalue weighted by Crippen LogP contribution is 2.35. The second kappa shape index (κ2) is 5.46. The number of benzene rings is 2. The highest BCUT2D eigenvalue weighted by Gasteiger charge is 2.18. The Bertz CT molecular complexity index is 649. The van der Waals surface area contributed by atoms with Crippen molar-refractivity contribution in [3.63, 3.8) is 0 Å². The molecule has 0 aliphatic heterocycles. The number of nitrogens with one attached hydrogen (secondary N) is 1. The first-order chi connectivity index (χ1) is 8.99. The summed E-state index contributed by atoms with van der Waals surface area (Å²) in [5.74, 6) is 0. The normalized spacial score (nSPS) is 10.2. The molecule has 0 saturated heterocycles. The molecule has 0 amide bonds. The van der Waals surface area contributed by atoms with Gasteiger partial charge in [-0.05, 0) is 46.3 Å². The SMILES string of the molecule is Nc1cccc(Nc2cc(Cl)ccc2Br)c1[N+](=O)[O-]. The Kier molecular flexibility index (Phi) is 3.92. The van der Waals surface area contributed by atoms with Crippen LogP contribution in [0.3, 0.4) is 0 Å². The quantitative estimate of drug-likeness (QED) is 0.494. The van der Waals surface area contributed by atoms with E-state index in [0.717, 1.165) is 4.47 Å². The van der Waals surface area contributed by atoms with E-state index >= 15 is 0 Å². The smallest absolute Gasteiger partial charge is 0.315 e. The summed E-state index contributed by atoms with van der Waals surface area (Å²) in [6.45, 7) is 0. The molecule has 2 aromatic carbocycles. The van der Waals surface area contributed by atoms with Crippen molar-refractivity contribution < 1.29 is 4.92 Å². The van der Waals surface area contributed by atoms with Crippen LogP contribution in [0.4, 0.5) is 22.7 Å². The number of anilines is 3. The van der Waals surface area contributed by atoms with Crippen molar-refractivity contribution in [3.8, 4) is 0 Å². The number of nitro groups is 1. The first-order valence-electron chi connectivity index (χ1n) is 5.24. The maximum absolute atomic E-state index is 11.0. The summed E-state index contributed by atoms with van der Waals surface area (Å²) in [5.41, 5.74) is 6.51. The lowest BCUT2D eigenvalue weighted by atomic mass is 10.2. The lowest BCUT2D eigenvalue weighted by molar-refractivity contribution is -0.383. The molecule has 0 spiro atoms. The Morgan fingerprint density at radius 2 is 2.00 bits per heavy atom. The average molecular weight is 343 g/mol. The zero-order valence-corrected chi connectivity index (χ0v) is 11.9. The fraction of sp³-hybridized carbons (Fsp3) is 0. The molecule has 0 bridgehead atoms. The average Bonchev–Trinajstić information content (AvgIpc) is 2.33. The van der Waals surface area contributed by atoms with E-state index < -0.39 is 4.92 Å². The van der Waals surface area contributed by atoms with Gasteiger partial charge in [0.2, 0.25) is 0 Å². The minimum atomic E-state index is -0.518. The van der Waals surface area contributed by atoms with E-state index in [2.05, 4.69) is 21.2 Å². The third kappa shape index (κ3) is 2.97. The summed E-state index contributed by atoms with van der Waals surface area (Å²) in [6.07, 6.45) is 0. The van der Waals surface area contributed by atoms with Gasteiger partial charge < -0.3 is 11.1 Å². The van der Waals surface area contributed by atoms with Crippen LogP contribution in [-0.2, 0) is 0 Å². The minimum absolute atomic E-state index is 0.105. The summed E-state index contributed by atoms with van der Waals surface area (Å²) in [4.78, 5) is 10.5. The molecule has 2 aromatic rings. The van der Waals surface area contributed by atoms with Gasteiger partial charge in [0.25, 0.3) is 0 Å². The van der Waals surface area contributed by atoms with Crippen LogP contribution in [0.15, 0.2) is 40.9 Å². The van der Waals surface area contributed by atoms with Crippen LogP contribution < -0.4 is 11.1 Å². The molecule has 0 aliphatic carbocycles. The van der Waals surface area contributed by atoms with E-state index in [-0.39, 0.29) is 11.4 Å². The van der Waals surface area contributed by atoms with Crippen LogP contribution in [0.1, 0.15) is 0 Å². The van der Waals surface area contributed by atoms with Gasteiger partial charge in [0.05, 0.1) is 10.6 Å². The number of nitrogens with two attached hydrogens (primary N) is 1. The summed E-state index contributed by atoms with van der Waals surface area (Å²) < 4.78 is 0.744. The monoisotopic (exact) mass is 341 g/mol. The molecule has 7 heteroatoms. The molecule has 0 heterocycles. The van der Waals surface area contributed by atoms with Gasteiger partial charge in [-0.3, -0.25) is 10.1 Å². The predicted molar refractivity (Wildman–Crippen MR) is 79.9 cm³/mol. The molecule has 2 rings (SSSR count). The molecular formula is C12H9BrClN3O2. The second-order valence-electron chi connectivity index (χ2n) is 3.75. The van der Waals surface area contributed by atoms with Crippen molar-refractivity contribution in [3.05, 3.63) is 56.0 Å². The molecule has 5 nitrogen and oxygen atoms in total. The van der Waals surface area contributed by atoms with Crippen LogP contribution in [-0.4, -0.2) is 4.92 Å². The second-order valence-corrected chi connectivity index (χ2v) is 5.04. The van der Waals surface area contributed by atoms with E-state index in [4.69, 9.17) is 17.3 Å². The molecular weight excluding hydrogens is 334 g/mol. The standard InChI is InChI=1S/C12H9BrClN3O2/c13-8-5-4-7(14)6-11(8)16-10-3-1-2-9(15)12(10)17(18)19/h1-6,16H,15H2. The van der Waals surface area contributed by atoms with E-state index in [0.29, 0.717) is 16.4 Å². The number of para-hydroxylation sites is 1. The molecule has 0 aliphatic rings. The number of nitro benzene ring substituents is 1. The summed E-state index contributed by atoms with van der Waals surface area (Å²) in [5, 5.41) is 14.5. The van der Waals surface area contributed by atoms with E-state index in [9.17, 15) is 10.1 Å². The maximum atomic E-state index is 11.0. The first kappa shape index (κ1) is 13.6. The molecule has 0 radical (unpaired) electrons. The van der Waals surface area contributed by atoms with Crippen LogP contribution in [0.25, 0.3) is 0 Å². The lowest BCUT2D eigenvalue weighted by Gasteiger charge is -2.10. The number of hydrogen-bond donors (Lipinski definition) is 2. The van der Waals surface area contributed by atoms with Gasteiger partial charge in [-0.25, -0.2) is 0 Å². The van der Waals surface area contributed by atoms with Crippen LogP contribution in [0.2, 0.25) is 5.02 Å². The van der Waals surface area contributed by atoms with Gasteiger partial charge in [-0.15, -0.1) is 0 Å². The highest BCUT2D eigenvalue weighted by atomic mass is 79.9. The van der Waals surface area contributed by atoms with Crippen LogP contribution in [0, 0.1) is 10.1 Å². The largest absolute Gasteiger partial charge is 0.393 e. The third-order valence-corrected chi connectivity index (χ3v) is 3.37. The molecule has 98 valence electrons. The number of halogens is 2. The lowest BCUT2D eigenvalue weighted by Crippen LogP contribution is -2.01. The summed E-state index contributed by atoms with van der Waals surface area (Å²) >= 11 is 9.24. The van der Waals surface area contributed by atoms with Crippen molar-refractivity contribution in [1.29, 1.82) is 0 Å². The Balaban J connectivity index is 2.46. The van der Waals surface area contributed by atoms with E-state index in [1.165, 1.54) is 6.07 Å². The molecule has 0 fully saturated rings. The van der Waals surface area contributed by atoms with Crippen molar-refractivity contribution in [2.75, 3.05) is 11.1 Å². The van der Waals surface area contributed by atoms with Crippen LogP contribution >= 0.6 is 27.5 Å². The van der Waals surface area contributed by atoms with Gasteiger partial charge in [-0.2, -0.15) is 0 Å². The van der Waals surface area contributed by atoms with Gasteiger partial charge in [0.1, 0.15) is 11.4 Å².